The van der Waals surface area contributed by atoms with Crippen molar-refractivity contribution in [3.8, 4) is 11.8 Å². The molecule has 1 aliphatic carbocycles. The molecule has 2 aromatic carbocycles. The lowest BCUT2D eigenvalue weighted by Crippen LogP contribution is -2.52. The largest absolute Gasteiger partial charge is 0.490 e. The van der Waals surface area contributed by atoms with Gasteiger partial charge in [0.15, 0.2) is 11.6 Å². The summed E-state index contributed by atoms with van der Waals surface area (Å²) in [4.78, 5) is 59.1. The van der Waals surface area contributed by atoms with Gasteiger partial charge < -0.3 is 24.8 Å². The summed E-state index contributed by atoms with van der Waals surface area (Å²) in [5.41, 5.74) is 3.02. The number of carbonyl (C=O) groups excluding carboxylic acids is 4. The summed E-state index contributed by atoms with van der Waals surface area (Å²) in [6, 6.07) is 16.4. The van der Waals surface area contributed by atoms with Crippen molar-refractivity contribution in [2.45, 2.75) is 70.1 Å². The summed E-state index contributed by atoms with van der Waals surface area (Å²) in [5, 5.41) is 23.6. The molecule has 3 aromatic rings. The Bertz CT molecular complexity index is 2020. The average molecular weight is 780 g/mol. The van der Waals surface area contributed by atoms with Crippen LogP contribution >= 0.6 is 11.6 Å². The van der Waals surface area contributed by atoms with E-state index in [2.05, 4.69) is 47.7 Å². The van der Waals surface area contributed by atoms with E-state index < -0.39 is 6.04 Å². The highest BCUT2D eigenvalue weighted by Crippen LogP contribution is 2.33. The van der Waals surface area contributed by atoms with Gasteiger partial charge in [-0.15, -0.1) is 10.2 Å². The molecule has 292 valence electrons. The van der Waals surface area contributed by atoms with Crippen LogP contribution in [0.25, 0.3) is 0 Å². The number of ether oxygens (including phenoxy) is 1. The van der Waals surface area contributed by atoms with Gasteiger partial charge in [0, 0.05) is 82.0 Å². The molecule has 1 atom stereocenters. The molecular weight excluding hydrogens is 734 g/mol. The van der Waals surface area contributed by atoms with Crippen LogP contribution in [0.5, 0.6) is 5.75 Å². The molecule has 1 saturated carbocycles. The van der Waals surface area contributed by atoms with Crippen molar-refractivity contribution in [2.75, 3.05) is 60.9 Å². The number of benzene rings is 2. The summed E-state index contributed by atoms with van der Waals surface area (Å²) in [6.07, 6.45) is 5.67. The Hall–Kier alpha value is -5.26. The number of nitrogens with one attached hydrogen (secondary N) is 2. The van der Waals surface area contributed by atoms with E-state index in [-0.39, 0.29) is 42.1 Å². The third kappa shape index (κ3) is 8.29. The third-order valence-electron chi connectivity index (χ3n) is 12.0. The summed E-state index contributed by atoms with van der Waals surface area (Å²) in [5.74, 6) is 1.54. The number of hydrogen-bond acceptors (Lipinski definition) is 11. The van der Waals surface area contributed by atoms with E-state index in [1.54, 1.807) is 23.1 Å². The number of rotatable bonds is 9. The van der Waals surface area contributed by atoms with Crippen LogP contribution in [-0.2, 0) is 20.9 Å². The standard InChI is InChI=1S/C41H46ClN9O5/c42-34-22-32(8-4-28(34)23-43)56-31-6-2-27(3-7-31)39(53)44-36-10-11-37(47-46-36)50-15-13-26(14-16-50)24-48-17-19-49(20-18-48)30-5-1-29-25-51(41(55)33(29)21-30)35-9-12-38(52)45-40(35)54/h1,4-5,8,10-11,21-22,26-27,31,35H,2-3,6-7,9,12-20,24-25H2,(H,44,46,53)(H,45,52,54)/t27-,31-,35?. The number of aromatic nitrogens is 2. The van der Waals surface area contributed by atoms with Gasteiger partial charge >= 0.3 is 0 Å². The quantitative estimate of drug-likeness (QED) is 0.297. The molecule has 56 heavy (non-hydrogen) atoms. The van der Waals surface area contributed by atoms with E-state index in [4.69, 9.17) is 21.6 Å². The lowest BCUT2D eigenvalue weighted by atomic mass is 9.86. The van der Waals surface area contributed by atoms with E-state index in [1.807, 2.05) is 24.3 Å². The Morgan fingerprint density at radius 3 is 2.38 bits per heavy atom. The van der Waals surface area contributed by atoms with Crippen LogP contribution in [-0.4, -0.2) is 102 Å². The second kappa shape index (κ2) is 16.5. The van der Waals surface area contributed by atoms with E-state index in [1.165, 1.54) is 0 Å². The zero-order valence-electron chi connectivity index (χ0n) is 31.3. The first kappa shape index (κ1) is 37.7. The van der Waals surface area contributed by atoms with Crippen molar-refractivity contribution in [1.82, 2.24) is 25.3 Å². The first-order valence-electron chi connectivity index (χ1n) is 19.7. The molecular formula is C41H46ClN9O5. The highest BCUT2D eigenvalue weighted by molar-refractivity contribution is 6.31. The molecule has 0 bridgehead atoms. The number of carbonyl (C=O) groups is 4. The van der Waals surface area contributed by atoms with Crippen LogP contribution in [0.2, 0.25) is 5.02 Å². The van der Waals surface area contributed by atoms with Gasteiger partial charge in [-0.25, -0.2) is 0 Å². The fraction of sp³-hybridized carbons (Fsp3) is 0.488. The van der Waals surface area contributed by atoms with Crippen molar-refractivity contribution in [2.24, 2.45) is 11.8 Å². The smallest absolute Gasteiger partial charge is 0.255 e. The van der Waals surface area contributed by atoms with Gasteiger partial charge in [-0.1, -0.05) is 17.7 Å². The Balaban J connectivity index is 0.743. The topological polar surface area (TPSA) is 164 Å². The van der Waals surface area contributed by atoms with E-state index in [0.29, 0.717) is 59.4 Å². The molecule has 5 aliphatic rings. The molecule has 4 fully saturated rings. The molecule has 8 rings (SSSR count). The first-order valence-corrected chi connectivity index (χ1v) is 20.1. The van der Waals surface area contributed by atoms with Gasteiger partial charge in [-0.2, -0.15) is 5.26 Å². The number of anilines is 3. The normalized spacial score (nSPS) is 23.4. The average Bonchev–Trinajstić information content (AvgIpc) is 3.54. The van der Waals surface area contributed by atoms with E-state index >= 15 is 0 Å². The number of hydrogen-bond donors (Lipinski definition) is 2. The number of piperidine rings is 2. The number of piperazine rings is 1. The van der Waals surface area contributed by atoms with Crippen molar-refractivity contribution in [3.63, 3.8) is 0 Å². The maximum atomic E-state index is 13.3. The highest BCUT2D eigenvalue weighted by atomic mass is 35.5. The predicted molar refractivity (Wildman–Crippen MR) is 209 cm³/mol. The minimum Gasteiger partial charge on any atom is -0.490 e. The zero-order valence-corrected chi connectivity index (χ0v) is 32.0. The maximum absolute atomic E-state index is 13.3. The second-order valence-electron chi connectivity index (χ2n) is 15.6. The number of fused-ring (bicyclic) bond motifs is 1. The molecule has 15 heteroatoms. The highest BCUT2D eigenvalue weighted by Gasteiger charge is 2.39. The molecule has 2 N–H and O–H groups in total. The van der Waals surface area contributed by atoms with Crippen molar-refractivity contribution in [1.29, 1.82) is 5.26 Å². The number of halogens is 1. The van der Waals surface area contributed by atoms with Crippen LogP contribution < -0.4 is 25.2 Å². The monoisotopic (exact) mass is 779 g/mol. The van der Waals surface area contributed by atoms with Crippen LogP contribution in [0.15, 0.2) is 48.5 Å². The van der Waals surface area contributed by atoms with Gasteiger partial charge in [0.2, 0.25) is 17.7 Å². The first-order chi connectivity index (χ1) is 27.2. The van der Waals surface area contributed by atoms with Crippen LogP contribution in [0.4, 0.5) is 17.3 Å². The number of amides is 4. The van der Waals surface area contributed by atoms with Gasteiger partial charge in [-0.05, 0) is 92.8 Å². The number of nitrogens with zero attached hydrogens (tertiary/aromatic N) is 7. The molecule has 5 heterocycles. The summed E-state index contributed by atoms with van der Waals surface area (Å²) in [6.45, 7) is 6.93. The fourth-order valence-electron chi connectivity index (χ4n) is 8.72. The Kier molecular flexibility index (Phi) is 11.1. The number of imide groups is 1. The molecule has 14 nitrogen and oxygen atoms in total. The third-order valence-corrected chi connectivity index (χ3v) is 12.3. The zero-order chi connectivity index (χ0) is 38.8. The summed E-state index contributed by atoms with van der Waals surface area (Å²) < 4.78 is 6.07. The SMILES string of the molecule is N#Cc1ccc(O[C@H]2CC[C@H](C(=O)Nc3ccc(N4CCC(CN5CCN(c6ccc7c(c6)C(=O)N(C6CCC(=O)NC6=O)C7)CC5)CC4)nn3)CC2)cc1Cl. The molecule has 0 radical (unpaired) electrons. The molecule has 1 unspecified atom stereocenters. The molecule has 0 spiro atoms. The van der Waals surface area contributed by atoms with Gasteiger partial charge in [0.25, 0.3) is 5.91 Å². The van der Waals surface area contributed by atoms with E-state index in [0.717, 1.165) is 88.6 Å². The minimum absolute atomic E-state index is 0.00391. The van der Waals surface area contributed by atoms with Crippen LogP contribution in [0.3, 0.4) is 0 Å². The van der Waals surface area contributed by atoms with Crippen molar-refractivity contribution in [3.05, 3.63) is 70.2 Å². The Morgan fingerprint density at radius 2 is 1.68 bits per heavy atom. The molecule has 3 saturated heterocycles. The predicted octanol–water partition coefficient (Wildman–Crippen LogP) is 4.38. The van der Waals surface area contributed by atoms with Gasteiger partial charge in [0.1, 0.15) is 17.9 Å². The maximum Gasteiger partial charge on any atom is 0.255 e. The Labute approximate surface area is 331 Å². The molecule has 4 amide bonds. The van der Waals surface area contributed by atoms with E-state index in [9.17, 15) is 19.2 Å². The molecule has 4 aliphatic heterocycles. The lowest BCUT2D eigenvalue weighted by molar-refractivity contribution is -0.137. The van der Waals surface area contributed by atoms with Crippen LogP contribution in [0, 0.1) is 23.2 Å². The fourth-order valence-corrected chi connectivity index (χ4v) is 8.93. The van der Waals surface area contributed by atoms with Crippen LogP contribution in [0.1, 0.15) is 72.9 Å². The summed E-state index contributed by atoms with van der Waals surface area (Å²) >= 11 is 6.14. The summed E-state index contributed by atoms with van der Waals surface area (Å²) in [7, 11) is 0. The second-order valence-corrected chi connectivity index (χ2v) is 16.0. The molecule has 1 aromatic heterocycles. The van der Waals surface area contributed by atoms with Gasteiger partial charge in [0.05, 0.1) is 16.7 Å². The number of nitriles is 1. The minimum atomic E-state index is -0.604. The van der Waals surface area contributed by atoms with Crippen molar-refractivity contribution >= 4 is 52.6 Å². The van der Waals surface area contributed by atoms with Gasteiger partial charge in [-0.3, -0.25) is 29.4 Å². The lowest BCUT2D eigenvalue weighted by Gasteiger charge is -2.39. The van der Waals surface area contributed by atoms with Crippen molar-refractivity contribution < 1.29 is 23.9 Å². The Morgan fingerprint density at radius 1 is 0.893 bits per heavy atom.